The number of alkyl halides is 3. The summed E-state index contributed by atoms with van der Waals surface area (Å²) in [6.07, 6.45) is -4.65. The van der Waals surface area contributed by atoms with Crippen LogP contribution in [0.2, 0.25) is 0 Å². The molecule has 0 bridgehead atoms. The number of thiazole rings is 1. The molecular formula is C16H19F3N4O6S. The highest BCUT2D eigenvalue weighted by Gasteiger charge is 2.45. The first-order chi connectivity index (χ1) is 13.9. The Morgan fingerprint density at radius 1 is 1.23 bits per heavy atom. The van der Waals surface area contributed by atoms with Crippen molar-refractivity contribution in [2.75, 3.05) is 31.2 Å². The van der Waals surface area contributed by atoms with Gasteiger partial charge in [-0.05, 0) is 6.92 Å². The Morgan fingerprint density at radius 3 is 2.30 bits per heavy atom. The van der Waals surface area contributed by atoms with Crippen molar-refractivity contribution < 1.29 is 42.2 Å². The van der Waals surface area contributed by atoms with Crippen molar-refractivity contribution in [3.05, 3.63) is 11.1 Å². The number of Topliss-reactive ketones (excluding diaryl/α,β-unsaturated/α-hetero) is 1. The number of hydrazine groups is 1. The monoisotopic (exact) mass is 452 g/mol. The first-order valence-corrected chi connectivity index (χ1v) is 9.51. The van der Waals surface area contributed by atoms with Crippen LogP contribution in [0.1, 0.15) is 30.3 Å². The third-order valence-corrected chi connectivity index (χ3v) is 5.16. The Bertz CT molecular complexity index is 814. The summed E-state index contributed by atoms with van der Waals surface area (Å²) in [6.45, 7) is 4.49. The maximum atomic E-state index is 12.1. The van der Waals surface area contributed by atoms with Crippen molar-refractivity contribution >= 4 is 40.0 Å². The number of amides is 2. The first kappa shape index (κ1) is 23.5. The van der Waals surface area contributed by atoms with Crippen LogP contribution in [0.15, 0.2) is 5.38 Å². The van der Waals surface area contributed by atoms with E-state index < -0.39 is 23.5 Å². The Balaban J connectivity index is 0.000000396. The molecule has 0 aromatic carbocycles. The number of nitrogens with zero attached hydrogens (tertiary/aromatic N) is 2. The third kappa shape index (κ3) is 6.13. The molecule has 2 aliphatic rings. The lowest BCUT2D eigenvalue weighted by molar-refractivity contribution is -0.192. The predicted molar refractivity (Wildman–Crippen MR) is 96.8 cm³/mol. The molecule has 14 heteroatoms. The molecule has 1 aliphatic heterocycles. The SMILES string of the molecule is CC1(C(=O)NNC(=O)c2csc(N3CCOCC3)n2)CC(=O)C1.O=C(O)C(F)(F)F. The van der Waals surface area contributed by atoms with Gasteiger partial charge in [0, 0.05) is 31.3 Å². The number of hydrogen-bond donors (Lipinski definition) is 3. The number of ketones is 1. The van der Waals surface area contributed by atoms with Crippen molar-refractivity contribution in [1.29, 1.82) is 0 Å². The molecule has 10 nitrogen and oxygen atoms in total. The molecule has 2 fully saturated rings. The fraction of sp³-hybridized carbons (Fsp3) is 0.562. The van der Waals surface area contributed by atoms with Gasteiger partial charge in [-0.3, -0.25) is 25.2 Å². The fourth-order valence-electron chi connectivity index (χ4n) is 2.58. The highest BCUT2D eigenvalue weighted by molar-refractivity contribution is 7.13. The quantitative estimate of drug-likeness (QED) is 0.571. The van der Waals surface area contributed by atoms with E-state index in [-0.39, 0.29) is 30.2 Å². The van der Waals surface area contributed by atoms with Gasteiger partial charge >= 0.3 is 12.1 Å². The number of hydrogen-bond acceptors (Lipinski definition) is 8. The van der Waals surface area contributed by atoms with Gasteiger partial charge in [-0.25, -0.2) is 9.78 Å². The average molecular weight is 452 g/mol. The highest BCUT2D eigenvalue weighted by atomic mass is 32.1. The van der Waals surface area contributed by atoms with E-state index in [4.69, 9.17) is 14.6 Å². The molecule has 1 aliphatic carbocycles. The number of carboxylic acid groups (broad SMARTS) is 1. The summed E-state index contributed by atoms with van der Waals surface area (Å²) in [5.74, 6) is -3.52. The zero-order valence-electron chi connectivity index (χ0n) is 15.7. The van der Waals surface area contributed by atoms with Gasteiger partial charge < -0.3 is 14.7 Å². The Kier molecular flexibility index (Phi) is 7.36. The van der Waals surface area contributed by atoms with Crippen LogP contribution in [0.4, 0.5) is 18.3 Å². The normalized spacial score (nSPS) is 17.9. The van der Waals surface area contributed by atoms with E-state index in [1.165, 1.54) is 11.3 Å². The van der Waals surface area contributed by atoms with Crippen molar-refractivity contribution in [3.8, 4) is 0 Å². The lowest BCUT2D eigenvalue weighted by Gasteiger charge is -2.34. The summed E-state index contributed by atoms with van der Waals surface area (Å²) in [6, 6.07) is 0. The molecule has 0 atom stereocenters. The molecule has 1 saturated heterocycles. The van der Waals surface area contributed by atoms with E-state index in [9.17, 15) is 27.6 Å². The molecular weight excluding hydrogens is 433 g/mol. The van der Waals surface area contributed by atoms with Gasteiger partial charge in [0.2, 0.25) is 5.91 Å². The van der Waals surface area contributed by atoms with Crippen LogP contribution in [-0.4, -0.2) is 66.1 Å². The number of carbonyl (C=O) groups is 4. The number of aromatic nitrogens is 1. The molecule has 0 unspecified atom stereocenters. The van der Waals surface area contributed by atoms with Crippen molar-refractivity contribution in [3.63, 3.8) is 0 Å². The molecule has 1 saturated carbocycles. The second kappa shape index (κ2) is 9.38. The van der Waals surface area contributed by atoms with Crippen LogP contribution < -0.4 is 15.8 Å². The number of anilines is 1. The van der Waals surface area contributed by atoms with Gasteiger partial charge in [0.15, 0.2) is 5.13 Å². The zero-order chi connectivity index (χ0) is 22.5. The molecule has 30 heavy (non-hydrogen) atoms. The molecule has 2 amide bonds. The number of halogens is 3. The number of rotatable bonds is 3. The van der Waals surface area contributed by atoms with E-state index in [0.717, 1.165) is 18.2 Å². The van der Waals surface area contributed by atoms with Crippen LogP contribution in [0.3, 0.4) is 0 Å². The Morgan fingerprint density at radius 2 is 1.80 bits per heavy atom. The van der Waals surface area contributed by atoms with Gasteiger partial charge in [0.05, 0.1) is 18.6 Å². The third-order valence-electron chi connectivity index (χ3n) is 4.26. The minimum Gasteiger partial charge on any atom is -0.475 e. The summed E-state index contributed by atoms with van der Waals surface area (Å²) in [5.41, 5.74) is 4.27. The highest BCUT2D eigenvalue weighted by Crippen LogP contribution is 2.37. The largest absolute Gasteiger partial charge is 0.490 e. The minimum atomic E-state index is -5.08. The van der Waals surface area contributed by atoms with Crippen LogP contribution >= 0.6 is 11.3 Å². The molecule has 0 spiro atoms. The molecule has 0 radical (unpaired) electrons. The van der Waals surface area contributed by atoms with Crippen molar-refractivity contribution in [2.45, 2.75) is 25.9 Å². The first-order valence-electron chi connectivity index (χ1n) is 8.63. The topological polar surface area (TPSA) is 138 Å². The molecule has 3 rings (SSSR count). The van der Waals surface area contributed by atoms with Gasteiger partial charge in [-0.2, -0.15) is 13.2 Å². The van der Waals surface area contributed by atoms with E-state index in [0.29, 0.717) is 13.2 Å². The Hall–Kier alpha value is -2.74. The number of carbonyl (C=O) groups excluding carboxylic acids is 3. The summed E-state index contributed by atoms with van der Waals surface area (Å²) < 4.78 is 37.0. The maximum absolute atomic E-state index is 12.1. The fourth-order valence-corrected chi connectivity index (χ4v) is 3.44. The summed E-state index contributed by atoms with van der Waals surface area (Å²) >= 11 is 1.38. The van der Waals surface area contributed by atoms with E-state index in [2.05, 4.69) is 20.7 Å². The van der Waals surface area contributed by atoms with Gasteiger partial charge in [-0.15, -0.1) is 11.3 Å². The molecule has 3 N–H and O–H groups in total. The van der Waals surface area contributed by atoms with E-state index >= 15 is 0 Å². The number of nitrogens with one attached hydrogen (secondary N) is 2. The molecule has 1 aromatic rings. The predicted octanol–water partition coefficient (Wildman–Crippen LogP) is 0.743. The minimum absolute atomic E-state index is 0.0589. The number of aliphatic carboxylic acids is 1. The summed E-state index contributed by atoms with van der Waals surface area (Å²) in [5, 5.41) is 9.54. The number of ether oxygens (including phenoxy) is 1. The lowest BCUT2D eigenvalue weighted by atomic mass is 9.69. The Labute approximate surface area is 172 Å². The van der Waals surface area contributed by atoms with Gasteiger partial charge in [-0.1, -0.05) is 0 Å². The second-order valence-electron chi connectivity index (χ2n) is 6.78. The summed E-state index contributed by atoms with van der Waals surface area (Å²) in [4.78, 5) is 50.3. The molecule has 166 valence electrons. The van der Waals surface area contributed by atoms with Crippen LogP contribution in [0.25, 0.3) is 0 Å². The van der Waals surface area contributed by atoms with Crippen LogP contribution in [0.5, 0.6) is 0 Å². The smallest absolute Gasteiger partial charge is 0.475 e. The van der Waals surface area contributed by atoms with E-state index in [1.807, 2.05) is 0 Å². The van der Waals surface area contributed by atoms with Gasteiger partial charge in [0.25, 0.3) is 5.91 Å². The molecule has 1 aromatic heterocycles. The summed E-state index contributed by atoms with van der Waals surface area (Å²) in [7, 11) is 0. The molecule has 2 heterocycles. The number of morpholine rings is 1. The van der Waals surface area contributed by atoms with Crippen molar-refractivity contribution in [1.82, 2.24) is 15.8 Å². The van der Waals surface area contributed by atoms with Gasteiger partial charge in [0.1, 0.15) is 11.5 Å². The second-order valence-corrected chi connectivity index (χ2v) is 7.62. The zero-order valence-corrected chi connectivity index (χ0v) is 16.6. The lowest BCUT2D eigenvalue weighted by Crippen LogP contribution is -2.53. The average Bonchev–Trinajstić information content (AvgIpc) is 3.15. The van der Waals surface area contributed by atoms with Crippen LogP contribution in [0, 0.1) is 5.41 Å². The van der Waals surface area contributed by atoms with Crippen LogP contribution in [-0.2, 0) is 19.1 Å². The standard InChI is InChI=1S/C14H18N4O4S.C2HF3O2/c1-14(6-9(19)7-14)12(21)17-16-11(20)10-8-23-13(15-10)18-2-4-22-5-3-18;3-2(4,5)1(6)7/h8H,2-7H2,1H3,(H,16,20)(H,17,21);(H,6,7). The number of carboxylic acids is 1. The maximum Gasteiger partial charge on any atom is 0.490 e. The van der Waals surface area contributed by atoms with E-state index in [1.54, 1.807) is 12.3 Å². The van der Waals surface area contributed by atoms with Crippen molar-refractivity contribution in [2.24, 2.45) is 5.41 Å².